The van der Waals surface area contributed by atoms with E-state index in [0.29, 0.717) is 5.82 Å². The maximum absolute atomic E-state index is 11.4. The summed E-state index contributed by atoms with van der Waals surface area (Å²) in [5.74, 6) is -0.648. The van der Waals surface area contributed by atoms with Crippen LogP contribution in [0.5, 0.6) is 0 Å². The van der Waals surface area contributed by atoms with Crippen LogP contribution >= 0.6 is 11.8 Å². The van der Waals surface area contributed by atoms with Crippen molar-refractivity contribution in [3.05, 3.63) is 11.8 Å². The highest BCUT2D eigenvalue weighted by Crippen LogP contribution is 2.08. The number of nitrogens with zero attached hydrogens (tertiary/aromatic N) is 1. The number of aromatic amines is 1. The Kier molecular flexibility index (Phi) is 5.55. The van der Waals surface area contributed by atoms with Gasteiger partial charge in [-0.15, -0.1) is 11.8 Å². The Morgan fingerprint density at radius 2 is 2.29 bits per heavy atom. The standard InChI is InChI=1S/C10H15N3O3S/c1-2-3-7-4-8(13-12-7)11-9(14)5-17-6-10(15)16/h4H,2-3,5-6H2,1H3,(H,15,16)(H2,11,12,13,14). The van der Waals surface area contributed by atoms with E-state index in [0.717, 1.165) is 30.3 Å². The van der Waals surface area contributed by atoms with Gasteiger partial charge in [0, 0.05) is 11.8 Å². The number of H-pyrrole nitrogens is 1. The number of aryl methyl sites for hydroxylation is 1. The minimum Gasteiger partial charge on any atom is -0.481 e. The summed E-state index contributed by atoms with van der Waals surface area (Å²) in [5, 5.41) is 17.8. The summed E-state index contributed by atoms with van der Waals surface area (Å²) in [6, 6.07) is 1.78. The normalized spacial score (nSPS) is 10.2. The summed E-state index contributed by atoms with van der Waals surface area (Å²) in [5.41, 5.74) is 0.973. The topological polar surface area (TPSA) is 95.1 Å². The van der Waals surface area contributed by atoms with Crippen molar-refractivity contribution in [3.8, 4) is 0 Å². The fourth-order valence-corrected chi connectivity index (χ4v) is 1.77. The van der Waals surface area contributed by atoms with Crippen LogP contribution in [0.25, 0.3) is 0 Å². The Labute approximate surface area is 103 Å². The van der Waals surface area contributed by atoms with Crippen molar-refractivity contribution in [1.82, 2.24) is 10.2 Å². The molecule has 0 saturated heterocycles. The van der Waals surface area contributed by atoms with Gasteiger partial charge in [0.1, 0.15) is 0 Å². The lowest BCUT2D eigenvalue weighted by molar-refractivity contribution is -0.133. The molecule has 0 aliphatic carbocycles. The molecule has 0 bridgehead atoms. The second kappa shape index (κ2) is 6.95. The number of nitrogens with one attached hydrogen (secondary N) is 2. The van der Waals surface area contributed by atoms with Gasteiger partial charge in [0.2, 0.25) is 5.91 Å². The van der Waals surface area contributed by atoms with Crippen LogP contribution in [-0.4, -0.2) is 38.7 Å². The largest absolute Gasteiger partial charge is 0.481 e. The highest BCUT2D eigenvalue weighted by molar-refractivity contribution is 8.00. The number of aromatic nitrogens is 2. The molecular formula is C10H15N3O3S. The van der Waals surface area contributed by atoms with Gasteiger partial charge in [0.25, 0.3) is 0 Å². The van der Waals surface area contributed by atoms with Crippen LogP contribution in [0.15, 0.2) is 6.07 Å². The third-order valence-electron chi connectivity index (χ3n) is 1.88. The molecule has 1 rings (SSSR count). The van der Waals surface area contributed by atoms with Crippen molar-refractivity contribution >= 4 is 29.5 Å². The van der Waals surface area contributed by atoms with E-state index in [1.807, 2.05) is 0 Å². The third kappa shape index (κ3) is 5.39. The van der Waals surface area contributed by atoms with Crippen molar-refractivity contribution in [2.45, 2.75) is 19.8 Å². The number of anilines is 1. The van der Waals surface area contributed by atoms with Crippen LogP contribution in [-0.2, 0) is 16.0 Å². The van der Waals surface area contributed by atoms with Gasteiger partial charge < -0.3 is 10.4 Å². The highest BCUT2D eigenvalue weighted by Gasteiger charge is 2.07. The zero-order chi connectivity index (χ0) is 12.7. The average molecular weight is 257 g/mol. The first-order chi connectivity index (χ1) is 8.11. The van der Waals surface area contributed by atoms with E-state index >= 15 is 0 Å². The summed E-state index contributed by atoms with van der Waals surface area (Å²) in [6.07, 6.45) is 1.89. The molecule has 0 aromatic carbocycles. The predicted molar refractivity (Wildman–Crippen MR) is 66.2 cm³/mol. The summed E-state index contributed by atoms with van der Waals surface area (Å²) >= 11 is 1.06. The number of carboxylic acid groups (broad SMARTS) is 1. The highest BCUT2D eigenvalue weighted by atomic mass is 32.2. The maximum atomic E-state index is 11.4. The lowest BCUT2D eigenvalue weighted by Gasteiger charge is -1.99. The van der Waals surface area contributed by atoms with Gasteiger partial charge in [0.15, 0.2) is 5.82 Å². The molecule has 1 amide bonds. The lowest BCUT2D eigenvalue weighted by Crippen LogP contribution is -2.15. The molecule has 94 valence electrons. The van der Waals surface area contributed by atoms with Crippen molar-refractivity contribution in [3.63, 3.8) is 0 Å². The monoisotopic (exact) mass is 257 g/mol. The number of carbonyl (C=O) groups is 2. The van der Waals surface area contributed by atoms with E-state index in [2.05, 4.69) is 22.4 Å². The van der Waals surface area contributed by atoms with E-state index in [9.17, 15) is 9.59 Å². The number of amides is 1. The number of aliphatic carboxylic acids is 1. The second-order valence-corrected chi connectivity index (χ2v) is 4.45. The SMILES string of the molecule is CCCc1cc(NC(=O)CSCC(=O)O)n[nH]1. The van der Waals surface area contributed by atoms with E-state index in [1.54, 1.807) is 6.07 Å². The van der Waals surface area contributed by atoms with Crippen molar-refractivity contribution < 1.29 is 14.7 Å². The van der Waals surface area contributed by atoms with Gasteiger partial charge in [0.05, 0.1) is 11.5 Å². The summed E-state index contributed by atoms with van der Waals surface area (Å²) < 4.78 is 0. The molecule has 0 unspecified atom stereocenters. The molecule has 17 heavy (non-hydrogen) atoms. The van der Waals surface area contributed by atoms with Crippen molar-refractivity contribution in [2.24, 2.45) is 0 Å². The summed E-state index contributed by atoms with van der Waals surface area (Å²) in [4.78, 5) is 21.6. The van der Waals surface area contributed by atoms with Crippen LogP contribution in [0.3, 0.4) is 0 Å². The minimum atomic E-state index is -0.923. The first-order valence-corrected chi connectivity index (χ1v) is 6.41. The Morgan fingerprint density at radius 1 is 1.53 bits per heavy atom. The molecule has 6 nitrogen and oxygen atoms in total. The molecule has 1 heterocycles. The summed E-state index contributed by atoms with van der Waals surface area (Å²) in [6.45, 7) is 2.06. The molecule has 0 spiro atoms. The molecule has 0 fully saturated rings. The lowest BCUT2D eigenvalue weighted by atomic mass is 10.2. The molecule has 0 atom stereocenters. The number of carboxylic acids is 1. The predicted octanol–water partition coefficient (Wildman–Crippen LogP) is 1.12. The quantitative estimate of drug-likeness (QED) is 0.680. The fourth-order valence-electron chi connectivity index (χ4n) is 1.23. The van der Waals surface area contributed by atoms with Gasteiger partial charge in [-0.05, 0) is 6.42 Å². The van der Waals surface area contributed by atoms with Crippen molar-refractivity contribution in [1.29, 1.82) is 0 Å². The zero-order valence-electron chi connectivity index (χ0n) is 9.52. The van der Waals surface area contributed by atoms with E-state index < -0.39 is 5.97 Å². The minimum absolute atomic E-state index is 0.0743. The Morgan fingerprint density at radius 3 is 2.94 bits per heavy atom. The Balaban J connectivity index is 2.31. The molecule has 1 aromatic rings. The number of hydrogen-bond acceptors (Lipinski definition) is 4. The molecule has 7 heteroatoms. The first kappa shape index (κ1) is 13.6. The smallest absolute Gasteiger partial charge is 0.313 e. The Hall–Kier alpha value is -1.50. The van der Waals surface area contributed by atoms with Gasteiger partial charge in [-0.3, -0.25) is 14.7 Å². The van der Waals surface area contributed by atoms with Crippen molar-refractivity contribution in [2.75, 3.05) is 16.8 Å². The molecule has 3 N–H and O–H groups in total. The van der Waals surface area contributed by atoms with Gasteiger partial charge in [-0.25, -0.2) is 0 Å². The molecular weight excluding hydrogens is 242 g/mol. The van der Waals surface area contributed by atoms with Gasteiger partial charge in [-0.1, -0.05) is 13.3 Å². The maximum Gasteiger partial charge on any atom is 0.313 e. The number of carbonyl (C=O) groups excluding carboxylic acids is 1. The number of thioether (sulfide) groups is 1. The first-order valence-electron chi connectivity index (χ1n) is 5.25. The molecule has 0 radical (unpaired) electrons. The third-order valence-corrected chi connectivity index (χ3v) is 2.79. The fraction of sp³-hybridized carbons (Fsp3) is 0.500. The zero-order valence-corrected chi connectivity index (χ0v) is 10.3. The van der Waals surface area contributed by atoms with E-state index in [4.69, 9.17) is 5.11 Å². The van der Waals surface area contributed by atoms with Gasteiger partial charge in [-0.2, -0.15) is 5.10 Å². The van der Waals surface area contributed by atoms with Gasteiger partial charge >= 0.3 is 5.97 Å². The van der Waals surface area contributed by atoms with E-state index in [-0.39, 0.29) is 17.4 Å². The molecule has 0 saturated carbocycles. The van der Waals surface area contributed by atoms with Crippen LogP contribution in [0.2, 0.25) is 0 Å². The average Bonchev–Trinajstić information content (AvgIpc) is 2.65. The summed E-state index contributed by atoms with van der Waals surface area (Å²) in [7, 11) is 0. The van der Waals surface area contributed by atoms with Crippen LogP contribution in [0, 0.1) is 0 Å². The second-order valence-electron chi connectivity index (χ2n) is 3.46. The number of rotatable bonds is 7. The van der Waals surface area contributed by atoms with Crippen LogP contribution in [0.1, 0.15) is 19.0 Å². The number of hydrogen-bond donors (Lipinski definition) is 3. The van der Waals surface area contributed by atoms with Crippen LogP contribution < -0.4 is 5.32 Å². The Bertz CT molecular complexity index is 392. The van der Waals surface area contributed by atoms with Crippen LogP contribution in [0.4, 0.5) is 5.82 Å². The molecule has 1 aromatic heterocycles. The van der Waals surface area contributed by atoms with E-state index in [1.165, 1.54) is 0 Å². The molecule has 0 aliphatic heterocycles. The molecule has 0 aliphatic rings.